The van der Waals surface area contributed by atoms with Crippen LogP contribution in [-0.2, 0) is 11.2 Å². The van der Waals surface area contributed by atoms with E-state index in [1.807, 2.05) is 6.07 Å². The van der Waals surface area contributed by atoms with Gasteiger partial charge in [-0.05, 0) is 38.0 Å². The number of hydrogen-bond acceptors (Lipinski definition) is 2. The third-order valence-corrected chi connectivity index (χ3v) is 2.46. The molecule has 0 aliphatic carbocycles. The minimum absolute atomic E-state index is 0.115. The molecule has 1 heterocycles. The van der Waals surface area contributed by atoms with Crippen LogP contribution < -0.4 is 10.6 Å². The maximum Gasteiger partial charge on any atom is 0.224 e. The van der Waals surface area contributed by atoms with Gasteiger partial charge in [0.15, 0.2) is 0 Å². The Labute approximate surface area is 89.9 Å². The average molecular weight is 204 g/mol. The summed E-state index contributed by atoms with van der Waals surface area (Å²) < 4.78 is 0. The van der Waals surface area contributed by atoms with E-state index in [1.54, 1.807) is 0 Å². The lowest BCUT2D eigenvalue weighted by Crippen LogP contribution is -2.19. The second kappa shape index (κ2) is 3.93. The molecule has 0 saturated heterocycles. The molecule has 2 N–H and O–H groups in total. The maximum atomic E-state index is 11.2. The largest absolute Gasteiger partial charge is 0.383 e. The molecule has 1 aliphatic heterocycles. The number of benzene rings is 1. The molecule has 3 nitrogen and oxygen atoms in total. The van der Waals surface area contributed by atoms with E-state index >= 15 is 0 Å². The normalized spacial score (nSPS) is 14.7. The Morgan fingerprint density at radius 2 is 2.13 bits per heavy atom. The summed E-state index contributed by atoms with van der Waals surface area (Å²) in [5, 5.41) is 6.21. The van der Waals surface area contributed by atoms with Gasteiger partial charge in [-0.15, -0.1) is 0 Å². The number of rotatable bonds is 2. The molecule has 2 rings (SSSR count). The second-order valence-electron chi connectivity index (χ2n) is 4.22. The van der Waals surface area contributed by atoms with Crippen LogP contribution >= 0.6 is 0 Å². The predicted molar refractivity (Wildman–Crippen MR) is 62.2 cm³/mol. The van der Waals surface area contributed by atoms with Gasteiger partial charge in [0.1, 0.15) is 0 Å². The third kappa shape index (κ3) is 2.29. The van der Waals surface area contributed by atoms with E-state index < -0.39 is 0 Å². The molecule has 1 aromatic carbocycles. The van der Waals surface area contributed by atoms with E-state index in [-0.39, 0.29) is 5.91 Å². The molecular formula is C12H16N2O. The Balaban J connectivity index is 2.24. The van der Waals surface area contributed by atoms with Crippen LogP contribution in [0.5, 0.6) is 0 Å². The molecule has 1 amide bonds. The fraction of sp³-hybridized carbons (Fsp3) is 0.417. The van der Waals surface area contributed by atoms with E-state index in [0.29, 0.717) is 12.5 Å². The van der Waals surface area contributed by atoms with Gasteiger partial charge < -0.3 is 10.6 Å². The van der Waals surface area contributed by atoms with E-state index in [4.69, 9.17) is 0 Å². The minimum atomic E-state index is 0.115. The lowest BCUT2D eigenvalue weighted by molar-refractivity contribution is -0.116. The molecular weight excluding hydrogens is 188 g/mol. The van der Waals surface area contributed by atoms with Gasteiger partial charge in [0.05, 0.1) is 0 Å². The van der Waals surface area contributed by atoms with Crippen molar-refractivity contribution in [2.45, 2.75) is 32.7 Å². The molecule has 3 heteroatoms. The number of fused-ring (bicyclic) bond motifs is 1. The Morgan fingerprint density at radius 3 is 2.87 bits per heavy atom. The molecule has 0 radical (unpaired) electrons. The van der Waals surface area contributed by atoms with Gasteiger partial charge >= 0.3 is 0 Å². The number of aryl methyl sites for hydroxylation is 1. The van der Waals surface area contributed by atoms with Gasteiger partial charge in [0.2, 0.25) is 5.91 Å². The fourth-order valence-corrected chi connectivity index (χ4v) is 1.79. The van der Waals surface area contributed by atoms with Gasteiger partial charge in [0.25, 0.3) is 0 Å². The molecule has 0 spiro atoms. The summed E-state index contributed by atoms with van der Waals surface area (Å²) in [6, 6.07) is 6.56. The Hall–Kier alpha value is -1.51. The van der Waals surface area contributed by atoms with Crippen LogP contribution in [0, 0.1) is 0 Å². The number of anilines is 2. The van der Waals surface area contributed by atoms with Crippen LogP contribution in [0.4, 0.5) is 11.4 Å². The zero-order valence-corrected chi connectivity index (χ0v) is 9.13. The highest BCUT2D eigenvalue weighted by Crippen LogP contribution is 2.26. The third-order valence-electron chi connectivity index (χ3n) is 2.46. The highest BCUT2D eigenvalue weighted by Gasteiger charge is 2.14. The van der Waals surface area contributed by atoms with Gasteiger partial charge in [-0.3, -0.25) is 4.79 Å². The maximum absolute atomic E-state index is 11.2. The van der Waals surface area contributed by atoms with Crippen LogP contribution in [0.1, 0.15) is 25.8 Å². The van der Waals surface area contributed by atoms with Crippen molar-refractivity contribution >= 4 is 17.3 Å². The first-order valence-corrected chi connectivity index (χ1v) is 5.34. The van der Waals surface area contributed by atoms with Crippen molar-refractivity contribution in [1.29, 1.82) is 0 Å². The Morgan fingerprint density at radius 1 is 1.33 bits per heavy atom. The van der Waals surface area contributed by atoms with Crippen molar-refractivity contribution in [2.24, 2.45) is 0 Å². The Kier molecular flexibility index (Phi) is 2.62. The topological polar surface area (TPSA) is 41.1 Å². The van der Waals surface area contributed by atoms with Gasteiger partial charge in [-0.1, -0.05) is 6.07 Å². The molecule has 15 heavy (non-hydrogen) atoms. The first-order valence-electron chi connectivity index (χ1n) is 5.34. The van der Waals surface area contributed by atoms with Crippen LogP contribution in [0.2, 0.25) is 0 Å². The number of nitrogens with one attached hydrogen (secondary N) is 2. The molecule has 0 aromatic heterocycles. The van der Waals surface area contributed by atoms with E-state index in [9.17, 15) is 4.79 Å². The standard InChI is InChI=1S/C12H16N2O/c1-8(2)13-10-5-3-9-4-6-12(15)14-11(9)7-10/h3,5,7-8,13H,4,6H2,1-2H3,(H,14,15). The van der Waals surface area contributed by atoms with Gasteiger partial charge in [-0.25, -0.2) is 0 Å². The SMILES string of the molecule is CC(C)Nc1ccc2c(c1)NC(=O)CC2. The monoisotopic (exact) mass is 204 g/mol. The zero-order valence-electron chi connectivity index (χ0n) is 9.13. The molecule has 0 bridgehead atoms. The number of carbonyl (C=O) groups is 1. The first kappa shape index (κ1) is 10.0. The van der Waals surface area contributed by atoms with Crippen molar-refractivity contribution in [3.05, 3.63) is 23.8 Å². The lowest BCUT2D eigenvalue weighted by atomic mass is 10.0. The van der Waals surface area contributed by atoms with Crippen LogP contribution in [-0.4, -0.2) is 11.9 Å². The van der Waals surface area contributed by atoms with Gasteiger partial charge in [0, 0.05) is 23.8 Å². The smallest absolute Gasteiger partial charge is 0.224 e. The van der Waals surface area contributed by atoms with E-state index in [1.165, 1.54) is 5.56 Å². The van der Waals surface area contributed by atoms with E-state index in [2.05, 4.69) is 36.6 Å². The number of carbonyl (C=O) groups excluding carboxylic acids is 1. The number of hydrogen-bond donors (Lipinski definition) is 2. The summed E-state index contributed by atoms with van der Waals surface area (Å²) in [4.78, 5) is 11.2. The van der Waals surface area contributed by atoms with Crippen molar-refractivity contribution in [2.75, 3.05) is 10.6 Å². The number of amides is 1. The lowest BCUT2D eigenvalue weighted by Gasteiger charge is -2.19. The van der Waals surface area contributed by atoms with E-state index in [0.717, 1.165) is 17.8 Å². The van der Waals surface area contributed by atoms with Crippen molar-refractivity contribution in [3.8, 4) is 0 Å². The molecule has 1 aromatic rings. The first-order chi connectivity index (χ1) is 7.15. The summed E-state index contributed by atoms with van der Waals surface area (Å²) in [5.41, 5.74) is 3.24. The van der Waals surface area contributed by atoms with Crippen molar-refractivity contribution in [1.82, 2.24) is 0 Å². The van der Waals surface area contributed by atoms with Crippen LogP contribution in [0.3, 0.4) is 0 Å². The van der Waals surface area contributed by atoms with Crippen molar-refractivity contribution in [3.63, 3.8) is 0 Å². The summed E-state index contributed by atoms with van der Waals surface area (Å²) in [5.74, 6) is 0.115. The second-order valence-corrected chi connectivity index (χ2v) is 4.22. The predicted octanol–water partition coefficient (Wildman–Crippen LogP) is 2.39. The zero-order chi connectivity index (χ0) is 10.8. The summed E-state index contributed by atoms with van der Waals surface area (Å²) in [6.45, 7) is 4.19. The Bertz CT molecular complexity index is 385. The van der Waals surface area contributed by atoms with Crippen LogP contribution in [0.15, 0.2) is 18.2 Å². The molecule has 0 fully saturated rings. The highest BCUT2D eigenvalue weighted by molar-refractivity contribution is 5.94. The highest BCUT2D eigenvalue weighted by atomic mass is 16.1. The molecule has 80 valence electrons. The summed E-state index contributed by atoms with van der Waals surface area (Å²) >= 11 is 0. The molecule has 0 unspecified atom stereocenters. The summed E-state index contributed by atoms with van der Waals surface area (Å²) in [6.07, 6.45) is 1.45. The molecule has 0 atom stereocenters. The summed E-state index contributed by atoms with van der Waals surface area (Å²) in [7, 11) is 0. The fourth-order valence-electron chi connectivity index (χ4n) is 1.79. The molecule has 0 saturated carbocycles. The minimum Gasteiger partial charge on any atom is -0.383 e. The van der Waals surface area contributed by atoms with Crippen molar-refractivity contribution < 1.29 is 4.79 Å². The molecule has 1 aliphatic rings. The van der Waals surface area contributed by atoms with Gasteiger partial charge in [-0.2, -0.15) is 0 Å². The average Bonchev–Trinajstić information content (AvgIpc) is 2.16. The quantitative estimate of drug-likeness (QED) is 0.776. The van der Waals surface area contributed by atoms with Crippen LogP contribution in [0.25, 0.3) is 0 Å².